The number of hydrogen-bond donors (Lipinski definition) is 2. The van der Waals surface area contributed by atoms with Crippen molar-refractivity contribution in [2.45, 2.75) is 51.2 Å². The van der Waals surface area contributed by atoms with Crippen molar-refractivity contribution >= 4 is 5.91 Å². The number of carbonyl (C=O) groups excluding carboxylic acids is 1. The van der Waals surface area contributed by atoms with Crippen LogP contribution in [0.3, 0.4) is 0 Å². The second-order valence-corrected chi connectivity index (χ2v) is 4.55. The Kier molecular flexibility index (Phi) is 3.84. The minimum Gasteiger partial charge on any atom is -0.456 e. The van der Waals surface area contributed by atoms with Crippen LogP contribution in [0.15, 0.2) is 16.5 Å². The van der Waals surface area contributed by atoms with E-state index in [2.05, 4.69) is 5.32 Å². The van der Waals surface area contributed by atoms with Crippen LogP contribution in [0.1, 0.15) is 48.9 Å². The molecule has 1 fully saturated rings. The number of carbonyl (C=O) groups is 1. The largest absolute Gasteiger partial charge is 0.456 e. The van der Waals surface area contributed by atoms with Crippen molar-refractivity contribution in [3.05, 3.63) is 23.7 Å². The fourth-order valence-corrected chi connectivity index (χ4v) is 2.21. The van der Waals surface area contributed by atoms with Gasteiger partial charge in [-0.2, -0.15) is 0 Å². The molecule has 2 rings (SSSR count). The Bertz CT molecular complexity index is 386. The summed E-state index contributed by atoms with van der Waals surface area (Å²) in [6, 6.07) is 3.36. The summed E-state index contributed by atoms with van der Waals surface area (Å²) in [5.41, 5.74) is 0. The van der Waals surface area contributed by atoms with Gasteiger partial charge in [0, 0.05) is 6.42 Å². The average molecular weight is 237 g/mol. The maximum atomic E-state index is 11.9. The summed E-state index contributed by atoms with van der Waals surface area (Å²) in [5.74, 6) is 0.912. The molecule has 1 aliphatic rings. The zero-order valence-corrected chi connectivity index (χ0v) is 10.1. The van der Waals surface area contributed by atoms with E-state index in [-0.39, 0.29) is 11.9 Å². The first-order valence-electron chi connectivity index (χ1n) is 6.28. The van der Waals surface area contributed by atoms with E-state index in [1.54, 1.807) is 6.07 Å². The number of aliphatic hydroxyl groups is 1. The molecule has 1 heterocycles. The van der Waals surface area contributed by atoms with E-state index in [0.717, 1.165) is 37.9 Å². The van der Waals surface area contributed by atoms with Crippen LogP contribution in [-0.4, -0.2) is 23.2 Å². The SMILES string of the molecule is CCc1ccc(C(=O)N[C@@H]2CCCC[C@H]2O)o1. The average Bonchev–Trinajstić information content (AvgIpc) is 2.81. The molecule has 1 amide bonds. The second-order valence-electron chi connectivity index (χ2n) is 4.55. The molecule has 0 radical (unpaired) electrons. The maximum Gasteiger partial charge on any atom is 0.287 e. The summed E-state index contributed by atoms with van der Waals surface area (Å²) in [6.45, 7) is 1.98. The van der Waals surface area contributed by atoms with Gasteiger partial charge in [-0.1, -0.05) is 19.8 Å². The molecule has 17 heavy (non-hydrogen) atoms. The van der Waals surface area contributed by atoms with Crippen LogP contribution in [0, 0.1) is 0 Å². The summed E-state index contributed by atoms with van der Waals surface area (Å²) in [6.07, 6.45) is 4.05. The Labute approximate surface area is 101 Å². The van der Waals surface area contributed by atoms with Crippen LogP contribution in [-0.2, 0) is 6.42 Å². The molecule has 0 bridgehead atoms. The minimum absolute atomic E-state index is 0.133. The van der Waals surface area contributed by atoms with Crippen LogP contribution < -0.4 is 5.32 Å². The van der Waals surface area contributed by atoms with Gasteiger partial charge in [-0.15, -0.1) is 0 Å². The molecular weight excluding hydrogens is 218 g/mol. The first-order valence-corrected chi connectivity index (χ1v) is 6.28. The lowest BCUT2D eigenvalue weighted by Crippen LogP contribution is -2.44. The lowest BCUT2D eigenvalue weighted by molar-refractivity contribution is 0.0697. The molecule has 2 N–H and O–H groups in total. The van der Waals surface area contributed by atoms with Gasteiger partial charge in [-0.05, 0) is 25.0 Å². The highest BCUT2D eigenvalue weighted by molar-refractivity contribution is 5.91. The number of amides is 1. The summed E-state index contributed by atoms with van der Waals surface area (Å²) >= 11 is 0. The van der Waals surface area contributed by atoms with Gasteiger partial charge in [0.25, 0.3) is 5.91 Å². The van der Waals surface area contributed by atoms with Crippen molar-refractivity contribution in [1.29, 1.82) is 0 Å². The third-order valence-corrected chi connectivity index (χ3v) is 3.28. The number of aliphatic hydroxyl groups excluding tert-OH is 1. The number of furan rings is 1. The van der Waals surface area contributed by atoms with Gasteiger partial charge < -0.3 is 14.8 Å². The van der Waals surface area contributed by atoms with E-state index in [0.29, 0.717) is 5.76 Å². The van der Waals surface area contributed by atoms with Crippen molar-refractivity contribution in [2.24, 2.45) is 0 Å². The molecule has 0 spiro atoms. The molecule has 1 aromatic heterocycles. The van der Waals surface area contributed by atoms with Gasteiger partial charge in [0.05, 0.1) is 12.1 Å². The number of hydrogen-bond acceptors (Lipinski definition) is 3. The van der Waals surface area contributed by atoms with E-state index < -0.39 is 6.10 Å². The Morgan fingerprint density at radius 1 is 1.47 bits per heavy atom. The third kappa shape index (κ3) is 2.88. The Balaban J connectivity index is 1.96. The standard InChI is InChI=1S/C13H19NO3/c1-2-9-7-8-12(17-9)13(16)14-10-5-3-4-6-11(10)15/h7-8,10-11,15H,2-6H2,1H3,(H,14,16)/t10-,11-/m1/s1. The van der Waals surface area contributed by atoms with Crippen LogP contribution >= 0.6 is 0 Å². The molecular formula is C13H19NO3. The zero-order chi connectivity index (χ0) is 12.3. The molecule has 0 unspecified atom stereocenters. The maximum absolute atomic E-state index is 11.9. The molecule has 1 aromatic rings. The van der Waals surface area contributed by atoms with Gasteiger partial charge in [-0.3, -0.25) is 4.79 Å². The van der Waals surface area contributed by atoms with E-state index in [1.807, 2.05) is 13.0 Å². The van der Waals surface area contributed by atoms with E-state index >= 15 is 0 Å². The van der Waals surface area contributed by atoms with Crippen LogP contribution in [0.5, 0.6) is 0 Å². The molecule has 0 aromatic carbocycles. The van der Waals surface area contributed by atoms with Gasteiger partial charge >= 0.3 is 0 Å². The summed E-state index contributed by atoms with van der Waals surface area (Å²) < 4.78 is 5.38. The molecule has 1 saturated carbocycles. The molecule has 4 heteroatoms. The predicted octanol–water partition coefficient (Wildman–Crippen LogP) is 1.88. The first kappa shape index (κ1) is 12.2. The van der Waals surface area contributed by atoms with Crippen molar-refractivity contribution in [3.8, 4) is 0 Å². The van der Waals surface area contributed by atoms with Crippen LogP contribution in [0.2, 0.25) is 0 Å². The number of aryl methyl sites for hydroxylation is 1. The highest BCUT2D eigenvalue weighted by Crippen LogP contribution is 2.19. The quantitative estimate of drug-likeness (QED) is 0.843. The van der Waals surface area contributed by atoms with Crippen molar-refractivity contribution in [1.82, 2.24) is 5.32 Å². The van der Waals surface area contributed by atoms with Crippen LogP contribution in [0.25, 0.3) is 0 Å². The van der Waals surface area contributed by atoms with Crippen molar-refractivity contribution in [2.75, 3.05) is 0 Å². The van der Waals surface area contributed by atoms with E-state index in [1.165, 1.54) is 0 Å². The molecule has 0 aliphatic heterocycles. The van der Waals surface area contributed by atoms with Gasteiger partial charge in [0.2, 0.25) is 0 Å². The number of nitrogens with one attached hydrogen (secondary N) is 1. The van der Waals surface area contributed by atoms with Gasteiger partial charge in [0.1, 0.15) is 5.76 Å². The topological polar surface area (TPSA) is 62.5 Å². The Morgan fingerprint density at radius 2 is 2.24 bits per heavy atom. The summed E-state index contributed by atoms with van der Waals surface area (Å²) in [4.78, 5) is 11.9. The second kappa shape index (κ2) is 5.36. The first-order chi connectivity index (χ1) is 8.20. The third-order valence-electron chi connectivity index (χ3n) is 3.28. The highest BCUT2D eigenvalue weighted by atomic mass is 16.3. The molecule has 1 aliphatic carbocycles. The van der Waals surface area contributed by atoms with Gasteiger partial charge in [-0.25, -0.2) is 0 Å². The molecule has 2 atom stereocenters. The van der Waals surface area contributed by atoms with Gasteiger partial charge in [0.15, 0.2) is 5.76 Å². The Hall–Kier alpha value is -1.29. The highest BCUT2D eigenvalue weighted by Gasteiger charge is 2.25. The van der Waals surface area contributed by atoms with E-state index in [9.17, 15) is 9.90 Å². The van der Waals surface area contributed by atoms with E-state index in [4.69, 9.17) is 4.42 Å². The Morgan fingerprint density at radius 3 is 2.88 bits per heavy atom. The lowest BCUT2D eigenvalue weighted by Gasteiger charge is -2.27. The molecule has 0 saturated heterocycles. The predicted molar refractivity (Wildman–Crippen MR) is 63.8 cm³/mol. The molecule has 4 nitrogen and oxygen atoms in total. The molecule has 94 valence electrons. The monoisotopic (exact) mass is 237 g/mol. The normalized spacial score (nSPS) is 24.6. The summed E-state index contributed by atoms with van der Waals surface area (Å²) in [5, 5.41) is 12.6. The number of rotatable bonds is 3. The zero-order valence-electron chi connectivity index (χ0n) is 10.1. The van der Waals surface area contributed by atoms with Crippen LogP contribution in [0.4, 0.5) is 0 Å². The fourth-order valence-electron chi connectivity index (χ4n) is 2.21. The van der Waals surface area contributed by atoms with Crippen molar-refractivity contribution in [3.63, 3.8) is 0 Å². The van der Waals surface area contributed by atoms with Crippen molar-refractivity contribution < 1.29 is 14.3 Å². The minimum atomic E-state index is -0.423. The smallest absolute Gasteiger partial charge is 0.287 e. The lowest BCUT2D eigenvalue weighted by atomic mass is 9.92. The summed E-state index contributed by atoms with van der Waals surface area (Å²) in [7, 11) is 0. The fraction of sp³-hybridized carbons (Fsp3) is 0.615.